The predicted octanol–water partition coefficient (Wildman–Crippen LogP) is 2.56. The Morgan fingerprint density at radius 1 is 1.31 bits per heavy atom. The number of hydrogen-bond acceptors (Lipinski definition) is 9. The van der Waals surface area contributed by atoms with Crippen LogP contribution in [0.5, 0.6) is 0 Å². The largest absolute Gasteiger partial charge is 0.394 e. The number of benzene rings is 1. The maximum absolute atomic E-state index is 14.1. The Labute approximate surface area is 213 Å². The van der Waals surface area contributed by atoms with E-state index in [1.807, 2.05) is 6.07 Å². The van der Waals surface area contributed by atoms with Crippen molar-refractivity contribution < 1.29 is 28.5 Å². The standard InChI is InChI=1S/C21H17Cl2F2N5O4S/c1-33-19-20(35)34-16(8-31)18(32)21(19,11-4-10(22)6-27-14(11)5-26)30-7-15(28-29-30)9-2-12(24)17(23)13(25)3-9/h2-4,6-7,16,18-20,31-32,35H,8H2,1H3/t16-,18+,19+,20-,21+/m0/s1. The van der Waals surface area contributed by atoms with Gasteiger partial charge >= 0.3 is 0 Å². The molecule has 0 unspecified atom stereocenters. The Morgan fingerprint density at radius 2 is 2.00 bits per heavy atom. The third kappa shape index (κ3) is 4.17. The van der Waals surface area contributed by atoms with Crippen LogP contribution in [0.1, 0.15) is 11.3 Å². The molecular formula is C21H17Cl2F2N5O4S. The fraction of sp³-hybridized carbons (Fsp3) is 0.333. The summed E-state index contributed by atoms with van der Waals surface area (Å²) in [5.74, 6) is -2.01. The van der Waals surface area contributed by atoms with E-state index in [0.29, 0.717) is 0 Å². The molecule has 1 aliphatic rings. The van der Waals surface area contributed by atoms with E-state index in [2.05, 4.69) is 27.9 Å². The molecule has 14 heteroatoms. The number of halogens is 4. The van der Waals surface area contributed by atoms with Crippen molar-refractivity contribution in [3.05, 3.63) is 63.5 Å². The smallest absolute Gasteiger partial charge is 0.150 e. The minimum absolute atomic E-state index is 0.00664. The molecule has 2 N–H and O–H groups in total. The molecule has 1 saturated heterocycles. The van der Waals surface area contributed by atoms with Crippen LogP contribution in [0.3, 0.4) is 0 Å². The average Bonchev–Trinajstić information content (AvgIpc) is 3.33. The average molecular weight is 544 g/mol. The van der Waals surface area contributed by atoms with Crippen LogP contribution in [-0.4, -0.2) is 67.7 Å². The first-order valence-corrected chi connectivity index (χ1v) is 11.2. The van der Waals surface area contributed by atoms with E-state index in [0.717, 1.165) is 16.8 Å². The molecule has 4 rings (SSSR count). The molecule has 0 spiro atoms. The summed E-state index contributed by atoms with van der Waals surface area (Å²) in [6.07, 6.45) is -1.39. The molecule has 0 saturated carbocycles. The number of rotatable bonds is 5. The van der Waals surface area contributed by atoms with E-state index < -0.39 is 52.6 Å². The van der Waals surface area contributed by atoms with Crippen LogP contribution in [-0.2, 0) is 15.0 Å². The molecular weight excluding hydrogens is 527 g/mol. The van der Waals surface area contributed by atoms with Crippen LogP contribution in [0.2, 0.25) is 10.0 Å². The lowest BCUT2D eigenvalue weighted by atomic mass is 9.75. The predicted molar refractivity (Wildman–Crippen MR) is 123 cm³/mol. The molecule has 2 aromatic heterocycles. The summed E-state index contributed by atoms with van der Waals surface area (Å²) in [5, 5.41) is 38.8. The van der Waals surface area contributed by atoms with Gasteiger partial charge in [0.25, 0.3) is 0 Å². The highest BCUT2D eigenvalue weighted by molar-refractivity contribution is 7.80. The molecule has 1 fully saturated rings. The summed E-state index contributed by atoms with van der Waals surface area (Å²) < 4.78 is 40.6. The number of hydrogen-bond donors (Lipinski definition) is 3. The molecule has 0 amide bonds. The van der Waals surface area contributed by atoms with Crippen LogP contribution >= 0.6 is 35.8 Å². The molecule has 0 aliphatic carbocycles. The number of ether oxygens (including phenoxy) is 2. The van der Waals surface area contributed by atoms with Crippen molar-refractivity contribution in [2.75, 3.05) is 13.7 Å². The summed E-state index contributed by atoms with van der Waals surface area (Å²) in [6.45, 7) is -0.624. The number of thiol groups is 1. The van der Waals surface area contributed by atoms with Gasteiger partial charge in [0.1, 0.15) is 63.4 Å². The Morgan fingerprint density at radius 3 is 2.60 bits per heavy atom. The van der Waals surface area contributed by atoms with E-state index in [1.165, 1.54) is 25.6 Å². The highest BCUT2D eigenvalue weighted by Crippen LogP contribution is 2.45. The molecule has 0 radical (unpaired) electrons. The number of aliphatic hydroxyl groups is 2. The van der Waals surface area contributed by atoms with Crippen LogP contribution in [0.15, 0.2) is 30.6 Å². The highest BCUT2D eigenvalue weighted by Gasteiger charge is 2.60. The second kappa shape index (κ2) is 9.94. The van der Waals surface area contributed by atoms with Crippen molar-refractivity contribution in [1.29, 1.82) is 5.26 Å². The lowest BCUT2D eigenvalue weighted by Gasteiger charge is -2.51. The van der Waals surface area contributed by atoms with Gasteiger partial charge in [-0.15, -0.1) is 17.7 Å². The third-order valence-electron chi connectivity index (χ3n) is 5.79. The summed E-state index contributed by atoms with van der Waals surface area (Å²) in [6, 6.07) is 5.29. The van der Waals surface area contributed by atoms with E-state index >= 15 is 0 Å². The van der Waals surface area contributed by atoms with Crippen molar-refractivity contribution in [2.24, 2.45) is 0 Å². The number of methoxy groups -OCH3 is 1. The summed E-state index contributed by atoms with van der Waals surface area (Å²) in [7, 11) is 1.32. The number of aliphatic hydroxyl groups excluding tert-OH is 2. The molecule has 3 aromatic rings. The van der Waals surface area contributed by atoms with Gasteiger partial charge < -0.3 is 19.7 Å². The van der Waals surface area contributed by atoms with Gasteiger partial charge in [-0.1, -0.05) is 28.4 Å². The minimum Gasteiger partial charge on any atom is -0.394 e. The zero-order valence-electron chi connectivity index (χ0n) is 17.8. The third-order valence-corrected chi connectivity index (χ3v) is 6.75. The Kier molecular flexibility index (Phi) is 7.31. The van der Waals surface area contributed by atoms with Gasteiger partial charge in [0.05, 0.1) is 17.8 Å². The van der Waals surface area contributed by atoms with Crippen LogP contribution < -0.4 is 0 Å². The topological polar surface area (TPSA) is 126 Å². The summed E-state index contributed by atoms with van der Waals surface area (Å²) in [5.41, 5.74) is -2.88. The Balaban J connectivity index is 2.02. The minimum atomic E-state index is -1.81. The normalized spacial score (nSPS) is 26.5. The maximum atomic E-state index is 14.1. The molecule has 9 nitrogen and oxygen atoms in total. The zero-order chi connectivity index (χ0) is 25.5. The molecule has 3 heterocycles. The van der Waals surface area contributed by atoms with Crippen LogP contribution in [0.4, 0.5) is 8.78 Å². The molecule has 184 valence electrons. The lowest BCUT2D eigenvalue weighted by molar-refractivity contribution is -0.213. The first-order chi connectivity index (χ1) is 16.7. The Bertz CT molecular complexity index is 1290. The van der Waals surface area contributed by atoms with Gasteiger partial charge in [-0.3, -0.25) is 0 Å². The molecule has 5 atom stereocenters. The van der Waals surface area contributed by atoms with Crippen molar-refractivity contribution in [1.82, 2.24) is 20.0 Å². The van der Waals surface area contributed by atoms with E-state index in [1.54, 1.807) is 0 Å². The van der Waals surface area contributed by atoms with Gasteiger partial charge in [0, 0.05) is 24.4 Å². The quantitative estimate of drug-likeness (QED) is 0.331. The fourth-order valence-corrected chi connectivity index (χ4v) is 5.02. The number of nitrogens with zero attached hydrogens (tertiary/aromatic N) is 5. The van der Waals surface area contributed by atoms with Crippen molar-refractivity contribution in [3.8, 4) is 17.3 Å². The Hall–Kier alpha value is -2.37. The van der Waals surface area contributed by atoms with Crippen LogP contribution in [0, 0.1) is 23.0 Å². The summed E-state index contributed by atoms with van der Waals surface area (Å²) >= 11 is 16.2. The molecule has 0 bridgehead atoms. The number of pyridine rings is 1. The second-order valence-corrected chi connectivity index (χ2v) is 8.96. The molecule has 35 heavy (non-hydrogen) atoms. The van der Waals surface area contributed by atoms with E-state index in [9.17, 15) is 24.3 Å². The van der Waals surface area contributed by atoms with Crippen molar-refractivity contribution >= 4 is 35.8 Å². The van der Waals surface area contributed by atoms with Gasteiger partial charge in [-0.25, -0.2) is 18.4 Å². The van der Waals surface area contributed by atoms with E-state index in [-0.39, 0.29) is 27.5 Å². The maximum Gasteiger partial charge on any atom is 0.150 e. The van der Waals surface area contributed by atoms with Crippen LogP contribution in [0.25, 0.3) is 11.3 Å². The number of aromatic nitrogens is 4. The van der Waals surface area contributed by atoms with Gasteiger partial charge in [0.15, 0.2) is 0 Å². The first-order valence-electron chi connectivity index (χ1n) is 9.98. The van der Waals surface area contributed by atoms with Gasteiger partial charge in [0.2, 0.25) is 0 Å². The van der Waals surface area contributed by atoms with Gasteiger partial charge in [-0.2, -0.15) is 5.26 Å². The fourth-order valence-electron chi connectivity index (χ4n) is 4.25. The van der Waals surface area contributed by atoms with Gasteiger partial charge in [-0.05, 0) is 18.2 Å². The van der Waals surface area contributed by atoms with Crippen molar-refractivity contribution in [2.45, 2.75) is 29.3 Å². The first kappa shape index (κ1) is 25.7. The van der Waals surface area contributed by atoms with Crippen molar-refractivity contribution in [3.63, 3.8) is 0 Å². The summed E-state index contributed by atoms with van der Waals surface area (Å²) in [4.78, 5) is 4.06. The number of nitriles is 1. The monoisotopic (exact) mass is 543 g/mol. The van der Waals surface area contributed by atoms with E-state index in [4.69, 9.17) is 32.7 Å². The SMILES string of the molecule is CO[C@@H]1[C@H](S)O[C@@H](CO)[C@@H](O)[C@@]1(c1cc(Cl)cnc1C#N)n1cc(-c2cc(F)c(Cl)c(F)c2)nn1. The molecule has 1 aliphatic heterocycles. The highest BCUT2D eigenvalue weighted by atomic mass is 35.5. The molecule has 1 aromatic carbocycles. The second-order valence-electron chi connectivity index (χ2n) is 7.64. The zero-order valence-corrected chi connectivity index (χ0v) is 20.2. The lowest BCUT2D eigenvalue weighted by Crippen LogP contribution is -2.68.